The fourth-order valence-corrected chi connectivity index (χ4v) is 7.11. The maximum Gasteiger partial charge on any atom is 2.00 e. The van der Waals surface area contributed by atoms with E-state index in [1.807, 2.05) is 36.4 Å². The molecule has 2 aromatic carbocycles. The minimum absolute atomic E-state index is 0. The quantitative estimate of drug-likeness (QED) is 0.0498. The Morgan fingerprint density at radius 1 is 0.407 bits per heavy atom. The van der Waals surface area contributed by atoms with Gasteiger partial charge in [-0.1, -0.05) is 189 Å². The molecule has 0 saturated heterocycles. The molecule has 0 amide bonds. The second-order valence-corrected chi connectivity index (χ2v) is 16.3. The number of carboxylic acids is 2. The summed E-state index contributed by atoms with van der Waals surface area (Å²) in [4.78, 5) is 20.6. The Morgan fingerprint density at radius 2 is 0.661 bits per heavy atom. The fraction of sp³-hybridized carbons (Fsp3) is 0.720. The number of benzene rings is 2. The fourth-order valence-electron chi connectivity index (χ4n) is 7.11. The third-order valence-corrected chi connectivity index (χ3v) is 10.7. The second kappa shape index (κ2) is 44.8. The van der Waals surface area contributed by atoms with E-state index < -0.39 is 11.9 Å². The van der Waals surface area contributed by atoms with Crippen molar-refractivity contribution in [3.8, 4) is 0 Å². The Kier molecular flexibility index (Phi) is 43.9. The number of hydrogen-bond donors (Lipinski definition) is 2. The summed E-state index contributed by atoms with van der Waals surface area (Å²) in [5, 5.41) is 40.6. The first-order chi connectivity index (χ1) is 28.4. The molecule has 0 radical (unpaired) electrons. The van der Waals surface area contributed by atoms with E-state index in [0.717, 1.165) is 116 Å². The molecule has 0 heterocycles. The molecule has 332 valence electrons. The van der Waals surface area contributed by atoms with Gasteiger partial charge in [-0.25, -0.2) is 0 Å². The zero-order chi connectivity index (χ0) is 42.0. The van der Waals surface area contributed by atoms with E-state index in [4.69, 9.17) is 9.47 Å². The van der Waals surface area contributed by atoms with Crippen LogP contribution in [-0.4, -0.2) is 96.5 Å². The van der Waals surface area contributed by atoms with E-state index in [0.29, 0.717) is 12.8 Å². The van der Waals surface area contributed by atoms with Gasteiger partial charge in [0.25, 0.3) is 0 Å². The minimum Gasteiger partial charge on any atom is -0.550 e. The zero-order valence-corrected chi connectivity index (χ0v) is 41.5. The Balaban J connectivity index is 0.00000112. The molecule has 2 rings (SSSR count). The van der Waals surface area contributed by atoms with Crippen molar-refractivity contribution >= 4 is 60.8 Å². The summed E-state index contributed by atoms with van der Waals surface area (Å²) >= 11 is 0. The smallest absolute Gasteiger partial charge is 0.550 e. The number of carboxylic acid groups (broad SMARTS) is 2. The van der Waals surface area contributed by atoms with Crippen molar-refractivity contribution in [1.82, 2.24) is 0 Å². The van der Waals surface area contributed by atoms with Gasteiger partial charge in [0.1, 0.15) is 0 Å². The van der Waals surface area contributed by atoms with Gasteiger partial charge in [-0.05, 0) is 75.3 Å². The van der Waals surface area contributed by atoms with Crippen LogP contribution in [0.3, 0.4) is 0 Å². The van der Waals surface area contributed by atoms with E-state index in [1.54, 1.807) is 0 Å². The van der Waals surface area contributed by atoms with Crippen molar-refractivity contribution in [1.29, 1.82) is 0 Å². The number of unbranched alkanes of at least 4 members (excludes halogenated alkanes) is 20. The number of aliphatic carboxylic acids is 2. The summed E-state index contributed by atoms with van der Waals surface area (Å²) in [7, 11) is 0. The van der Waals surface area contributed by atoms with E-state index in [2.05, 4.69) is 24.3 Å². The number of carbonyl (C=O) groups excluding carboxylic acids is 2. The molecule has 0 fully saturated rings. The molecule has 0 aromatic heterocycles. The summed E-state index contributed by atoms with van der Waals surface area (Å²) < 4.78 is 11.4. The Labute approximate surface area is 400 Å². The van der Waals surface area contributed by atoms with Gasteiger partial charge >= 0.3 is 48.9 Å². The first-order valence-electron chi connectivity index (χ1n) is 23.4. The Bertz CT molecular complexity index is 1080. The number of carbonyl (C=O) groups is 2. The molecule has 0 aliphatic heterocycles. The van der Waals surface area contributed by atoms with Crippen LogP contribution in [0.4, 0.5) is 0 Å². The first kappa shape index (κ1) is 57.8. The topological polar surface area (TPSA) is 139 Å². The maximum absolute atomic E-state index is 10.3. The van der Waals surface area contributed by atoms with Crippen LogP contribution in [-0.2, 0) is 32.3 Å². The molecular formula is C50H82BaO8. The summed E-state index contributed by atoms with van der Waals surface area (Å²) in [6.07, 6.45) is 30.3. The molecule has 2 unspecified atom stereocenters. The molecule has 2 N–H and O–H groups in total. The third-order valence-electron chi connectivity index (χ3n) is 10.7. The average molecular weight is 949 g/mol. The largest absolute Gasteiger partial charge is 2.00 e. The van der Waals surface area contributed by atoms with Crippen molar-refractivity contribution in [3.05, 3.63) is 71.8 Å². The predicted molar refractivity (Wildman–Crippen MR) is 238 cm³/mol. The van der Waals surface area contributed by atoms with Gasteiger partial charge in [0.15, 0.2) is 0 Å². The van der Waals surface area contributed by atoms with E-state index in [-0.39, 0.29) is 73.9 Å². The molecule has 2 aromatic rings. The van der Waals surface area contributed by atoms with Gasteiger partial charge in [-0.3, -0.25) is 0 Å². The van der Waals surface area contributed by atoms with Crippen LogP contribution in [0.5, 0.6) is 0 Å². The number of ether oxygens (including phenoxy) is 2. The van der Waals surface area contributed by atoms with Crippen LogP contribution in [0.25, 0.3) is 0 Å². The number of aliphatic hydroxyl groups is 2. The Morgan fingerprint density at radius 3 is 0.949 bits per heavy atom. The number of hydrogen-bond acceptors (Lipinski definition) is 8. The van der Waals surface area contributed by atoms with Gasteiger partial charge in [0.2, 0.25) is 0 Å². The second-order valence-electron chi connectivity index (χ2n) is 16.3. The van der Waals surface area contributed by atoms with Crippen molar-refractivity contribution in [2.45, 2.75) is 218 Å². The van der Waals surface area contributed by atoms with Gasteiger partial charge in [-0.15, -0.1) is 0 Å². The van der Waals surface area contributed by atoms with E-state index in [1.165, 1.54) is 88.2 Å². The van der Waals surface area contributed by atoms with Gasteiger partial charge in [-0.2, -0.15) is 0 Å². The summed E-state index contributed by atoms with van der Waals surface area (Å²) in [5.74, 6) is -1.92. The van der Waals surface area contributed by atoms with E-state index in [9.17, 15) is 30.0 Å². The molecule has 59 heavy (non-hydrogen) atoms. The summed E-state index contributed by atoms with van der Waals surface area (Å²) in [5.41, 5.74) is 2.48. The molecule has 0 bridgehead atoms. The SMILES string of the molecule is O=C([O-])CCCCCCC(O)CCCCCCCCCCOCc1ccccc1.O=C([O-])CCCCCCC(O)CCCCCCCCCCOCc1ccccc1.[Ba+2]. The van der Waals surface area contributed by atoms with Crippen LogP contribution in [0, 0.1) is 0 Å². The first-order valence-corrected chi connectivity index (χ1v) is 23.4. The molecule has 9 heteroatoms. The monoisotopic (exact) mass is 949 g/mol. The molecule has 0 spiro atoms. The number of rotatable bonds is 40. The van der Waals surface area contributed by atoms with Gasteiger partial charge in [0.05, 0.1) is 25.4 Å². The normalized spacial score (nSPS) is 12.0. The van der Waals surface area contributed by atoms with Gasteiger partial charge < -0.3 is 39.5 Å². The molecule has 2 atom stereocenters. The minimum atomic E-state index is -0.960. The summed E-state index contributed by atoms with van der Waals surface area (Å²) in [6, 6.07) is 20.6. The zero-order valence-electron chi connectivity index (χ0n) is 37.0. The van der Waals surface area contributed by atoms with Crippen molar-refractivity contribution in [3.63, 3.8) is 0 Å². The van der Waals surface area contributed by atoms with Crippen LogP contribution in [0.2, 0.25) is 0 Å². The van der Waals surface area contributed by atoms with Crippen molar-refractivity contribution in [2.24, 2.45) is 0 Å². The Hall–Kier alpha value is -1.21. The number of aliphatic hydroxyl groups excluding tert-OH is 2. The third kappa shape index (κ3) is 43.2. The average Bonchev–Trinajstić information content (AvgIpc) is 3.22. The molecule has 0 aliphatic carbocycles. The van der Waals surface area contributed by atoms with Gasteiger partial charge in [0, 0.05) is 25.2 Å². The van der Waals surface area contributed by atoms with E-state index >= 15 is 0 Å². The van der Waals surface area contributed by atoms with Crippen molar-refractivity contribution in [2.75, 3.05) is 13.2 Å². The van der Waals surface area contributed by atoms with Crippen LogP contribution in [0.15, 0.2) is 60.7 Å². The van der Waals surface area contributed by atoms with Crippen LogP contribution in [0.1, 0.15) is 204 Å². The van der Waals surface area contributed by atoms with Crippen LogP contribution < -0.4 is 10.2 Å². The predicted octanol–water partition coefficient (Wildman–Crippen LogP) is 9.95. The molecular weight excluding hydrogens is 866 g/mol. The standard InChI is InChI=1S/2C25H42O4.Ba/c2*26-24(19-13-6-7-14-20-25(27)28)18-12-5-3-1-2-4-8-15-21-29-22-23-16-10-9-11-17-23;/h2*9-11,16-17,24,26H,1-8,12-15,18-22H2,(H,27,28);/q;;+2/p-2. The molecule has 0 saturated carbocycles. The van der Waals surface area contributed by atoms with Crippen LogP contribution >= 0.6 is 0 Å². The van der Waals surface area contributed by atoms with Crippen molar-refractivity contribution < 1.29 is 39.5 Å². The maximum atomic E-state index is 10.3. The molecule has 0 aliphatic rings. The molecule has 8 nitrogen and oxygen atoms in total. The summed E-state index contributed by atoms with van der Waals surface area (Å²) in [6.45, 7) is 3.14.